The highest BCUT2D eigenvalue weighted by molar-refractivity contribution is 7.99. The molecule has 8 heteroatoms. The standard InChI is InChI=1S/C24H27N3O3S2/c1-30-12-11-27-23(29)21-18-7-2-3-8-19(18)32-22(21)26-24(27)31-14-20(28)25-17-10-9-15-5-4-6-16(15)13-17/h9-10,13H,2-8,11-12,14H2,1H3,(H,25,28). The van der Waals surface area contributed by atoms with Crippen LogP contribution in [0.25, 0.3) is 10.2 Å². The number of nitrogens with one attached hydrogen (secondary N) is 1. The number of ether oxygens (including phenoxy) is 1. The maximum Gasteiger partial charge on any atom is 0.263 e. The molecule has 0 atom stereocenters. The molecule has 3 aromatic rings. The first-order valence-electron chi connectivity index (χ1n) is 11.2. The normalized spacial score (nSPS) is 15.0. The van der Waals surface area contributed by atoms with Crippen LogP contribution in [-0.4, -0.2) is 34.9 Å². The number of hydrogen-bond acceptors (Lipinski definition) is 6. The quantitative estimate of drug-likeness (QED) is 0.415. The van der Waals surface area contributed by atoms with Gasteiger partial charge in [0.15, 0.2) is 5.16 Å². The molecule has 6 nitrogen and oxygen atoms in total. The second-order valence-corrected chi connectivity index (χ2v) is 10.4. The van der Waals surface area contributed by atoms with Crippen molar-refractivity contribution in [3.8, 4) is 0 Å². The summed E-state index contributed by atoms with van der Waals surface area (Å²) in [5, 5.41) is 4.36. The van der Waals surface area contributed by atoms with Crippen LogP contribution in [0.15, 0.2) is 28.2 Å². The minimum Gasteiger partial charge on any atom is -0.383 e. The third kappa shape index (κ3) is 4.23. The van der Waals surface area contributed by atoms with E-state index >= 15 is 0 Å². The molecule has 0 saturated heterocycles. The number of anilines is 1. The van der Waals surface area contributed by atoms with E-state index < -0.39 is 0 Å². The molecule has 1 aromatic carbocycles. The lowest BCUT2D eigenvalue weighted by Gasteiger charge is -2.13. The summed E-state index contributed by atoms with van der Waals surface area (Å²) >= 11 is 2.96. The number of fused-ring (bicyclic) bond motifs is 4. The fraction of sp³-hybridized carbons (Fsp3) is 0.458. The highest BCUT2D eigenvalue weighted by Gasteiger charge is 2.22. The van der Waals surface area contributed by atoms with Gasteiger partial charge in [0, 0.05) is 17.7 Å². The molecule has 0 fully saturated rings. The lowest BCUT2D eigenvalue weighted by molar-refractivity contribution is -0.113. The number of benzene rings is 1. The van der Waals surface area contributed by atoms with Crippen molar-refractivity contribution < 1.29 is 9.53 Å². The van der Waals surface area contributed by atoms with Crippen molar-refractivity contribution in [3.63, 3.8) is 0 Å². The Kier molecular flexibility index (Phi) is 6.35. The molecule has 2 heterocycles. The van der Waals surface area contributed by atoms with Crippen molar-refractivity contribution in [2.75, 3.05) is 24.8 Å². The first-order chi connectivity index (χ1) is 15.6. The number of aryl methyl sites for hydroxylation is 4. The Bertz CT molecular complexity index is 1230. The Hall–Kier alpha value is -2.16. The molecular weight excluding hydrogens is 442 g/mol. The van der Waals surface area contributed by atoms with Crippen LogP contribution < -0.4 is 10.9 Å². The number of thiophene rings is 1. The number of aromatic nitrogens is 2. The Morgan fingerprint density at radius 1 is 1.19 bits per heavy atom. The number of carbonyl (C=O) groups excluding carboxylic acids is 1. The molecule has 0 bridgehead atoms. The molecule has 2 aromatic heterocycles. The van der Waals surface area contributed by atoms with E-state index in [1.807, 2.05) is 6.07 Å². The van der Waals surface area contributed by atoms with E-state index in [9.17, 15) is 9.59 Å². The average Bonchev–Trinajstić information content (AvgIpc) is 3.41. The summed E-state index contributed by atoms with van der Waals surface area (Å²) in [4.78, 5) is 33.0. The van der Waals surface area contributed by atoms with Gasteiger partial charge in [0.2, 0.25) is 5.91 Å². The third-order valence-corrected chi connectivity index (χ3v) is 8.44. The third-order valence-electron chi connectivity index (χ3n) is 6.27. The van der Waals surface area contributed by atoms with Crippen molar-refractivity contribution in [1.29, 1.82) is 0 Å². The molecule has 2 aliphatic carbocycles. The number of thioether (sulfide) groups is 1. The molecule has 0 spiro atoms. The van der Waals surface area contributed by atoms with Crippen molar-refractivity contribution in [3.05, 3.63) is 50.1 Å². The van der Waals surface area contributed by atoms with Crippen molar-refractivity contribution >= 4 is 44.9 Å². The van der Waals surface area contributed by atoms with Crippen LogP contribution in [0.3, 0.4) is 0 Å². The summed E-state index contributed by atoms with van der Waals surface area (Å²) in [7, 11) is 1.63. The first-order valence-corrected chi connectivity index (χ1v) is 13.0. The van der Waals surface area contributed by atoms with Crippen LogP contribution in [0.2, 0.25) is 0 Å². The van der Waals surface area contributed by atoms with Gasteiger partial charge >= 0.3 is 0 Å². The van der Waals surface area contributed by atoms with Crippen molar-refractivity contribution in [2.24, 2.45) is 0 Å². The molecule has 168 valence electrons. The van der Waals surface area contributed by atoms with Gasteiger partial charge < -0.3 is 10.1 Å². The van der Waals surface area contributed by atoms with E-state index in [1.165, 1.54) is 46.2 Å². The minimum atomic E-state index is -0.0916. The van der Waals surface area contributed by atoms with Crippen LogP contribution in [0.4, 0.5) is 5.69 Å². The number of rotatable bonds is 7. The van der Waals surface area contributed by atoms with E-state index in [2.05, 4.69) is 17.4 Å². The van der Waals surface area contributed by atoms with Gasteiger partial charge in [0.25, 0.3) is 5.56 Å². The van der Waals surface area contributed by atoms with Crippen molar-refractivity contribution in [1.82, 2.24) is 9.55 Å². The molecule has 5 rings (SSSR count). The molecule has 32 heavy (non-hydrogen) atoms. The predicted molar refractivity (Wildman–Crippen MR) is 130 cm³/mol. The van der Waals surface area contributed by atoms with Crippen LogP contribution >= 0.6 is 23.1 Å². The van der Waals surface area contributed by atoms with E-state index in [4.69, 9.17) is 9.72 Å². The summed E-state index contributed by atoms with van der Waals surface area (Å²) in [6, 6.07) is 6.17. The van der Waals surface area contributed by atoms with Gasteiger partial charge in [-0.2, -0.15) is 0 Å². The monoisotopic (exact) mass is 469 g/mol. The first kappa shape index (κ1) is 21.7. The molecule has 1 amide bonds. The fourth-order valence-electron chi connectivity index (χ4n) is 4.69. The fourth-order valence-corrected chi connectivity index (χ4v) is 6.81. The highest BCUT2D eigenvalue weighted by atomic mass is 32.2. The number of amides is 1. The number of nitrogens with zero attached hydrogens (tertiary/aromatic N) is 2. The Labute approximate surface area is 195 Å². The van der Waals surface area contributed by atoms with Crippen molar-refractivity contribution in [2.45, 2.75) is 56.6 Å². The molecule has 2 aliphatic rings. The van der Waals surface area contributed by atoms with E-state index in [0.29, 0.717) is 18.3 Å². The summed E-state index contributed by atoms with van der Waals surface area (Å²) in [5.74, 6) is 0.110. The van der Waals surface area contributed by atoms with Crippen LogP contribution in [0.1, 0.15) is 40.8 Å². The molecule has 0 unspecified atom stereocenters. The van der Waals surface area contributed by atoms with Gasteiger partial charge in [-0.05, 0) is 73.8 Å². The average molecular weight is 470 g/mol. The Morgan fingerprint density at radius 2 is 2.03 bits per heavy atom. The zero-order valence-corrected chi connectivity index (χ0v) is 19.9. The van der Waals surface area contributed by atoms with Gasteiger partial charge in [-0.15, -0.1) is 11.3 Å². The second-order valence-electron chi connectivity index (χ2n) is 8.41. The maximum absolute atomic E-state index is 13.4. The SMILES string of the molecule is COCCn1c(SCC(=O)Nc2ccc3c(c2)CCC3)nc2sc3c(c2c1=O)CCCC3. The van der Waals surface area contributed by atoms with Gasteiger partial charge in [-0.25, -0.2) is 4.98 Å². The zero-order valence-electron chi connectivity index (χ0n) is 18.2. The van der Waals surface area contributed by atoms with E-state index in [0.717, 1.165) is 48.0 Å². The van der Waals surface area contributed by atoms with Crippen LogP contribution in [0, 0.1) is 0 Å². The molecule has 0 saturated carbocycles. The Balaban J connectivity index is 1.37. The Morgan fingerprint density at radius 3 is 2.91 bits per heavy atom. The van der Waals surface area contributed by atoms with Crippen LogP contribution in [0.5, 0.6) is 0 Å². The van der Waals surface area contributed by atoms with E-state index in [-0.39, 0.29) is 17.2 Å². The van der Waals surface area contributed by atoms with Crippen LogP contribution in [-0.2, 0) is 41.8 Å². The summed E-state index contributed by atoms with van der Waals surface area (Å²) < 4.78 is 6.91. The topological polar surface area (TPSA) is 73.2 Å². The number of carbonyl (C=O) groups is 1. The van der Waals surface area contributed by atoms with Gasteiger partial charge in [-0.3, -0.25) is 14.2 Å². The zero-order chi connectivity index (χ0) is 22.1. The number of methoxy groups -OCH3 is 1. The summed E-state index contributed by atoms with van der Waals surface area (Å²) in [6.45, 7) is 0.853. The molecule has 0 radical (unpaired) electrons. The lowest BCUT2D eigenvalue weighted by Crippen LogP contribution is -2.26. The largest absolute Gasteiger partial charge is 0.383 e. The van der Waals surface area contributed by atoms with Gasteiger partial charge in [-0.1, -0.05) is 17.8 Å². The highest BCUT2D eigenvalue weighted by Crippen LogP contribution is 2.34. The van der Waals surface area contributed by atoms with E-state index in [1.54, 1.807) is 23.0 Å². The van der Waals surface area contributed by atoms with Gasteiger partial charge in [0.1, 0.15) is 4.83 Å². The summed E-state index contributed by atoms with van der Waals surface area (Å²) in [6.07, 6.45) is 7.65. The minimum absolute atomic E-state index is 0.00650. The number of hydrogen-bond donors (Lipinski definition) is 1. The molecule has 0 aliphatic heterocycles. The molecule has 1 N–H and O–H groups in total. The van der Waals surface area contributed by atoms with Gasteiger partial charge in [0.05, 0.1) is 24.3 Å². The maximum atomic E-state index is 13.4. The predicted octanol–water partition coefficient (Wildman–Crippen LogP) is 4.20. The second kappa shape index (κ2) is 9.37. The summed E-state index contributed by atoms with van der Waals surface area (Å²) in [5.41, 5.74) is 4.73. The lowest BCUT2D eigenvalue weighted by atomic mass is 9.97. The molecular formula is C24H27N3O3S2. The smallest absolute Gasteiger partial charge is 0.263 e.